The van der Waals surface area contributed by atoms with Crippen LogP contribution in [0.4, 0.5) is 11.6 Å². The first-order valence-corrected chi connectivity index (χ1v) is 8.49. The van der Waals surface area contributed by atoms with Crippen LogP contribution in [0.15, 0.2) is 61.2 Å². The zero-order valence-electron chi connectivity index (χ0n) is 14.2. The topological polar surface area (TPSA) is 72.3 Å². The highest BCUT2D eigenvalue weighted by atomic mass is 16.5. The minimum atomic E-state index is -0.198. The molecule has 0 saturated carbocycles. The lowest BCUT2D eigenvalue weighted by Crippen LogP contribution is -2.36. The van der Waals surface area contributed by atoms with Crippen molar-refractivity contribution in [2.24, 2.45) is 0 Å². The Balaban J connectivity index is 1.46. The maximum Gasteiger partial charge on any atom is 0.256 e. The minimum absolute atomic E-state index is 0.198. The van der Waals surface area contributed by atoms with Gasteiger partial charge in [0.15, 0.2) is 0 Å². The molecule has 4 rings (SSSR count). The van der Waals surface area contributed by atoms with Gasteiger partial charge in [-0.25, -0.2) is 9.97 Å². The summed E-state index contributed by atoms with van der Waals surface area (Å²) in [6.07, 6.45) is 5.39. The zero-order valence-corrected chi connectivity index (χ0v) is 14.2. The highest BCUT2D eigenvalue weighted by Gasteiger charge is 2.14. The van der Waals surface area contributed by atoms with Gasteiger partial charge in [-0.15, -0.1) is 0 Å². The van der Waals surface area contributed by atoms with E-state index >= 15 is 0 Å². The lowest BCUT2D eigenvalue weighted by Gasteiger charge is -2.27. The summed E-state index contributed by atoms with van der Waals surface area (Å²) >= 11 is 0. The fourth-order valence-electron chi connectivity index (χ4n) is 2.86. The number of hydrogen-bond donors (Lipinski definition) is 1. The number of rotatable bonds is 4. The number of anilines is 2. The number of amides is 1. The summed E-state index contributed by atoms with van der Waals surface area (Å²) in [7, 11) is 0. The summed E-state index contributed by atoms with van der Waals surface area (Å²) in [6.45, 7) is 2.93. The average molecular weight is 349 g/mol. The summed E-state index contributed by atoms with van der Waals surface area (Å²) < 4.78 is 7.34. The smallest absolute Gasteiger partial charge is 0.256 e. The third-order valence-electron chi connectivity index (χ3n) is 4.26. The van der Waals surface area contributed by atoms with Gasteiger partial charge in [-0.3, -0.25) is 4.79 Å². The quantitative estimate of drug-likeness (QED) is 0.783. The van der Waals surface area contributed by atoms with Crippen LogP contribution in [0.5, 0.6) is 0 Å². The monoisotopic (exact) mass is 349 g/mol. The molecule has 3 aromatic rings. The van der Waals surface area contributed by atoms with Crippen LogP contribution >= 0.6 is 0 Å². The Morgan fingerprint density at radius 2 is 1.77 bits per heavy atom. The van der Waals surface area contributed by atoms with E-state index in [4.69, 9.17) is 4.74 Å². The molecule has 132 valence electrons. The maximum atomic E-state index is 12.5. The number of nitrogens with one attached hydrogen (secondary N) is 1. The first kappa shape index (κ1) is 16.3. The molecule has 3 heterocycles. The van der Waals surface area contributed by atoms with Gasteiger partial charge >= 0.3 is 0 Å². The molecule has 1 aromatic carbocycles. The van der Waals surface area contributed by atoms with Gasteiger partial charge in [-0.1, -0.05) is 0 Å². The van der Waals surface area contributed by atoms with Crippen molar-refractivity contribution in [1.82, 2.24) is 14.5 Å². The first-order chi connectivity index (χ1) is 12.8. The molecule has 1 N–H and O–H groups in total. The molecule has 1 amide bonds. The molecule has 7 nitrogen and oxygen atoms in total. The number of ether oxygens (including phenoxy) is 1. The molecule has 0 unspecified atom stereocenters. The van der Waals surface area contributed by atoms with E-state index in [9.17, 15) is 4.79 Å². The summed E-state index contributed by atoms with van der Waals surface area (Å²) in [5.74, 6) is 1.08. The summed E-state index contributed by atoms with van der Waals surface area (Å²) in [6, 6.07) is 13.1. The van der Waals surface area contributed by atoms with Crippen LogP contribution in [0.2, 0.25) is 0 Å². The molecule has 0 bridgehead atoms. The normalized spacial score (nSPS) is 14.2. The Morgan fingerprint density at radius 1 is 1.04 bits per heavy atom. The predicted molar refractivity (Wildman–Crippen MR) is 98.8 cm³/mol. The second kappa shape index (κ2) is 7.37. The Kier molecular flexibility index (Phi) is 4.61. The number of morpholine rings is 1. The van der Waals surface area contributed by atoms with Gasteiger partial charge in [0, 0.05) is 42.8 Å². The summed E-state index contributed by atoms with van der Waals surface area (Å²) in [5.41, 5.74) is 1.58. The van der Waals surface area contributed by atoms with Crippen molar-refractivity contribution < 1.29 is 9.53 Å². The van der Waals surface area contributed by atoms with Gasteiger partial charge in [0.05, 0.1) is 13.2 Å². The highest BCUT2D eigenvalue weighted by molar-refractivity contribution is 6.03. The fraction of sp³-hybridized carbons (Fsp3) is 0.211. The highest BCUT2D eigenvalue weighted by Crippen LogP contribution is 2.17. The molecule has 26 heavy (non-hydrogen) atoms. The van der Waals surface area contributed by atoms with Gasteiger partial charge in [-0.05, 0) is 36.4 Å². The molecule has 0 atom stereocenters. The van der Waals surface area contributed by atoms with Gasteiger partial charge in [0.25, 0.3) is 5.91 Å². The van der Waals surface area contributed by atoms with E-state index < -0.39 is 0 Å². The van der Waals surface area contributed by atoms with Crippen LogP contribution in [0.25, 0.3) is 5.69 Å². The Morgan fingerprint density at radius 3 is 2.50 bits per heavy atom. The van der Waals surface area contributed by atoms with Crippen LogP contribution < -0.4 is 10.2 Å². The van der Waals surface area contributed by atoms with Crippen molar-refractivity contribution >= 4 is 17.5 Å². The predicted octanol–water partition coefficient (Wildman–Crippen LogP) is 2.36. The molecule has 1 aliphatic rings. The largest absolute Gasteiger partial charge is 0.378 e. The zero-order chi connectivity index (χ0) is 17.8. The van der Waals surface area contributed by atoms with E-state index in [-0.39, 0.29) is 5.91 Å². The Bertz CT molecular complexity index is 871. The lowest BCUT2D eigenvalue weighted by molar-refractivity contribution is 0.102. The number of carbonyl (C=O) groups is 1. The van der Waals surface area contributed by atoms with Gasteiger partial charge in [0.2, 0.25) is 0 Å². The molecular formula is C19H19N5O2. The lowest BCUT2D eigenvalue weighted by atomic mass is 10.2. The molecule has 0 radical (unpaired) electrons. The standard InChI is InChI=1S/C19H19N5O2/c25-19(15-3-5-16(6-4-15)23-7-1-2-8-23)22-17-13-18(21-14-20-17)24-9-11-26-12-10-24/h1-8,13-14H,9-12H2,(H,20,21,22,25). The molecule has 1 aliphatic heterocycles. The van der Waals surface area contributed by atoms with Crippen molar-refractivity contribution in [3.63, 3.8) is 0 Å². The number of hydrogen-bond acceptors (Lipinski definition) is 5. The van der Waals surface area contributed by atoms with E-state index in [1.54, 1.807) is 18.2 Å². The number of carbonyl (C=O) groups excluding carboxylic acids is 1. The van der Waals surface area contributed by atoms with Crippen LogP contribution in [0.1, 0.15) is 10.4 Å². The van der Waals surface area contributed by atoms with E-state index in [1.165, 1.54) is 6.33 Å². The van der Waals surface area contributed by atoms with Gasteiger partial charge < -0.3 is 19.5 Å². The molecule has 1 saturated heterocycles. The second-order valence-electron chi connectivity index (χ2n) is 5.95. The molecule has 1 fully saturated rings. The van der Waals surface area contributed by atoms with Gasteiger partial charge in [-0.2, -0.15) is 0 Å². The van der Waals surface area contributed by atoms with Crippen LogP contribution in [0.3, 0.4) is 0 Å². The number of nitrogens with zero attached hydrogens (tertiary/aromatic N) is 4. The maximum absolute atomic E-state index is 12.5. The van der Waals surface area contributed by atoms with Crippen molar-refractivity contribution in [2.75, 3.05) is 36.5 Å². The van der Waals surface area contributed by atoms with Crippen molar-refractivity contribution in [3.8, 4) is 5.69 Å². The Labute approximate surface area is 151 Å². The molecule has 0 aliphatic carbocycles. The van der Waals surface area contributed by atoms with E-state index in [2.05, 4.69) is 20.2 Å². The first-order valence-electron chi connectivity index (χ1n) is 8.49. The number of benzene rings is 1. The molecule has 2 aromatic heterocycles. The minimum Gasteiger partial charge on any atom is -0.378 e. The summed E-state index contributed by atoms with van der Waals surface area (Å²) in [5, 5.41) is 2.84. The van der Waals surface area contributed by atoms with E-state index in [1.807, 2.05) is 41.2 Å². The van der Waals surface area contributed by atoms with Crippen molar-refractivity contribution in [2.45, 2.75) is 0 Å². The van der Waals surface area contributed by atoms with Crippen molar-refractivity contribution in [1.29, 1.82) is 0 Å². The van der Waals surface area contributed by atoms with Crippen LogP contribution in [-0.2, 0) is 4.74 Å². The molecular weight excluding hydrogens is 330 g/mol. The second-order valence-corrected chi connectivity index (χ2v) is 5.95. The molecule has 7 heteroatoms. The average Bonchev–Trinajstić information content (AvgIpc) is 3.24. The number of aromatic nitrogens is 3. The summed E-state index contributed by atoms with van der Waals surface area (Å²) in [4.78, 5) is 23.0. The van der Waals surface area contributed by atoms with E-state index in [0.717, 1.165) is 24.6 Å². The van der Waals surface area contributed by atoms with Gasteiger partial charge in [0.1, 0.15) is 18.0 Å². The Hall–Kier alpha value is -3.19. The SMILES string of the molecule is O=C(Nc1cc(N2CCOCC2)ncn1)c1ccc(-n2cccc2)cc1. The van der Waals surface area contributed by atoms with Crippen LogP contribution in [-0.4, -0.2) is 46.7 Å². The third kappa shape index (κ3) is 3.57. The van der Waals surface area contributed by atoms with E-state index in [0.29, 0.717) is 24.6 Å². The fourth-order valence-corrected chi connectivity index (χ4v) is 2.86. The molecule has 0 spiro atoms. The van der Waals surface area contributed by atoms with Crippen LogP contribution in [0, 0.1) is 0 Å². The van der Waals surface area contributed by atoms with Crippen molar-refractivity contribution in [3.05, 3.63) is 66.7 Å². The third-order valence-corrected chi connectivity index (χ3v) is 4.26.